The van der Waals surface area contributed by atoms with Crippen molar-refractivity contribution in [3.05, 3.63) is 59.4 Å². The molecule has 3 N–H and O–H groups in total. The normalized spacial score (nSPS) is 11.7. The summed E-state index contributed by atoms with van der Waals surface area (Å²) in [5.74, 6) is 4.97. The van der Waals surface area contributed by atoms with Crippen molar-refractivity contribution in [1.82, 2.24) is 9.99 Å². The van der Waals surface area contributed by atoms with Crippen LogP contribution in [0.4, 0.5) is 0 Å². The highest BCUT2D eigenvalue weighted by atomic mass is 35.5. The van der Waals surface area contributed by atoms with Crippen LogP contribution in [0.5, 0.6) is 0 Å². The second kappa shape index (κ2) is 6.50. The van der Waals surface area contributed by atoms with Gasteiger partial charge in [-0.05, 0) is 23.8 Å². The second-order valence-electron chi connectivity index (χ2n) is 4.97. The van der Waals surface area contributed by atoms with Gasteiger partial charge in [0.1, 0.15) is 18.7 Å². The molecule has 2 heterocycles. The first-order valence-corrected chi connectivity index (χ1v) is 7.34. The maximum absolute atomic E-state index is 6.05. The average Bonchev–Trinajstić information content (AvgIpc) is 2.88. The zero-order chi connectivity index (χ0) is 16.2. The number of aromatic nitrogens is 2. The van der Waals surface area contributed by atoms with Gasteiger partial charge in [0.25, 0.3) is 5.65 Å². The Morgan fingerprint density at radius 3 is 2.70 bits per heavy atom. The minimum Gasteiger partial charge on any atom is -0.322 e. The lowest BCUT2D eigenvalue weighted by atomic mass is 10.1. The number of nitrogens with one attached hydrogen (secondary N) is 1. The molecular weight excluding hydrogens is 312 g/mol. The quantitative estimate of drug-likeness (QED) is 0.253. The molecule has 3 aromatic rings. The highest BCUT2D eigenvalue weighted by Gasteiger charge is 2.15. The molecule has 6 nitrogen and oxygen atoms in total. The molecule has 0 aliphatic heterocycles. The monoisotopic (exact) mass is 327 g/mol. The van der Waals surface area contributed by atoms with Crippen molar-refractivity contribution in [1.29, 1.82) is 0 Å². The maximum Gasteiger partial charge on any atom is 0.286 e. The third-order valence-corrected chi connectivity index (χ3v) is 3.74. The molecule has 0 radical (unpaired) electrons. The van der Waals surface area contributed by atoms with Gasteiger partial charge in [-0.2, -0.15) is 10.2 Å². The van der Waals surface area contributed by atoms with Gasteiger partial charge in [0.2, 0.25) is 0 Å². The largest absolute Gasteiger partial charge is 0.322 e. The van der Waals surface area contributed by atoms with E-state index in [1.165, 1.54) is 6.34 Å². The standard InChI is InChI=1S/C16H16ClN6/c1-22-15(10-23-9-14(17)6-7-16(22)23)13-4-2-12(3-5-13)8-20-21-11-19-18/h2-11H,18H2,1H3,(H,19,21)/q+1/b20-8-. The number of nitrogens with two attached hydrogens (primary N) is 1. The van der Waals surface area contributed by atoms with Crippen LogP contribution in [0, 0.1) is 0 Å². The smallest absolute Gasteiger partial charge is 0.286 e. The molecule has 0 aliphatic rings. The summed E-state index contributed by atoms with van der Waals surface area (Å²) in [4.78, 5) is 0. The van der Waals surface area contributed by atoms with Crippen molar-refractivity contribution in [2.75, 3.05) is 0 Å². The lowest BCUT2D eigenvalue weighted by Crippen LogP contribution is -2.17. The highest BCUT2D eigenvalue weighted by Crippen LogP contribution is 2.20. The summed E-state index contributed by atoms with van der Waals surface area (Å²) >= 11 is 6.05. The Bertz CT molecular complexity index is 879. The van der Waals surface area contributed by atoms with Crippen molar-refractivity contribution in [3.63, 3.8) is 0 Å². The SMILES string of the molecule is Cn1c(-c2ccc(/C=N\NC=NN)cc2)c[n+]2cc(Cl)ccc12. The van der Waals surface area contributed by atoms with Crippen molar-refractivity contribution in [2.45, 2.75) is 0 Å². The number of nitrogens with zero attached hydrogens (tertiary/aromatic N) is 4. The lowest BCUT2D eigenvalue weighted by Gasteiger charge is -1.98. The van der Waals surface area contributed by atoms with Crippen LogP contribution in [-0.2, 0) is 7.05 Å². The molecule has 0 spiro atoms. The van der Waals surface area contributed by atoms with E-state index in [0.717, 1.165) is 22.5 Å². The fourth-order valence-corrected chi connectivity index (χ4v) is 2.57. The summed E-state index contributed by atoms with van der Waals surface area (Å²) in [5.41, 5.74) is 6.85. The van der Waals surface area contributed by atoms with Crippen LogP contribution in [0.1, 0.15) is 5.56 Å². The Morgan fingerprint density at radius 1 is 1.17 bits per heavy atom. The van der Waals surface area contributed by atoms with Crippen molar-refractivity contribution >= 4 is 29.8 Å². The molecule has 0 unspecified atom stereocenters. The molecule has 7 heteroatoms. The van der Waals surface area contributed by atoms with Gasteiger partial charge < -0.3 is 5.84 Å². The number of halogens is 1. The molecule has 3 rings (SSSR count). The van der Waals surface area contributed by atoms with Crippen LogP contribution in [0.2, 0.25) is 5.02 Å². The fourth-order valence-electron chi connectivity index (χ4n) is 2.40. The Hall–Kier alpha value is -2.86. The predicted molar refractivity (Wildman–Crippen MR) is 92.4 cm³/mol. The third kappa shape index (κ3) is 3.17. The Morgan fingerprint density at radius 2 is 1.96 bits per heavy atom. The molecule has 0 amide bonds. The zero-order valence-corrected chi connectivity index (χ0v) is 13.3. The Balaban J connectivity index is 1.90. The Labute approximate surface area is 138 Å². The molecule has 23 heavy (non-hydrogen) atoms. The molecule has 1 aromatic carbocycles. The van der Waals surface area contributed by atoms with Gasteiger partial charge in [0, 0.05) is 11.6 Å². The van der Waals surface area contributed by atoms with Crippen molar-refractivity contribution < 1.29 is 4.40 Å². The van der Waals surface area contributed by atoms with E-state index in [4.69, 9.17) is 17.4 Å². The summed E-state index contributed by atoms with van der Waals surface area (Å²) in [6.45, 7) is 0. The number of pyridine rings is 1. The number of fused-ring (bicyclic) bond motifs is 1. The Kier molecular flexibility index (Phi) is 4.25. The number of hydrazone groups is 2. The van der Waals surface area contributed by atoms with Gasteiger partial charge in [-0.3, -0.25) is 5.43 Å². The molecule has 0 saturated heterocycles. The molecule has 0 bridgehead atoms. The number of imidazole rings is 1. The van der Waals surface area contributed by atoms with Gasteiger partial charge in [-0.15, -0.1) is 0 Å². The van der Waals surface area contributed by atoms with Crippen LogP contribution in [0.25, 0.3) is 16.9 Å². The number of hydrogen-bond acceptors (Lipinski definition) is 3. The van der Waals surface area contributed by atoms with Gasteiger partial charge in [-0.1, -0.05) is 23.7 Å². The number of rotatable bonds is 4. The van der Waals surface area contributed by atoms with Crippen LogP contribution < -0.4 is 15.7 Å². The summed E-state index contributed by atoms with van der Waals surface area (Å²) in [6.07, 6.45) is 6.96. The van der Waals surface area contributed by atoms with Gasteiger partial charge in [-0.25, -0.2) is 8.97 Å². The summed E-state index contributed by atoms with van der Waals surface area (Å²) in [6, 6.07) is 12.0. The summed E-state index contributed by atoms with van der Waals surface area (Å²) in [5, 5.41) is 7.97. The first-order chi connectivity index (χ1) is 11.2. The second-order valence-corrected chi connectivity index (χ2v) is 5.41. The first kappa shape index (κ1) is 15.1. The van der Waals surface area contributed by atoms with E-state index in [1.807, 2.05) is 41.9 Å². The number of hydrogen-bond donors (Lipinski definition) is 2. The van der Waals surface area contributed by atoms with E-state index in [0.29, 0.717) is 5.02 Å². The topological polar surface area (TPSA) is 71.8 Å². The molecule has 116 valence electrons. The predicted octanol–water partition coefficient (Wildman–Crippen LogP) is 1.91. The van der Waals surface area contributed by atoms with Gasteiger partial charge >= 0.3 is 0 Å². The number of benzene rings is 1. The van der Waals surface area contributed by atoms with E-state index in [-0.39, 0.29) is 0 Å². The van der Waals surface area contributed by atoms with Crippen molar-refractivity contribution in [3.8, 4) is 11.3 Å². The van der Waals surface area contributed by atoms with Crippen molar-refractivity contribution in [2.24, 2.45) is 23.1 Å². The molecule has 0 saturated carbocycles. The van der Waals surface area contributed by atoms with E-state index < -0.39 is 0 Å². The van der Waals surface area contributed by atoms with E-state index in [9.17, 15) is 0 Å². The van der Waals surface area contributed by atoms with E-state index >= 15 is 0 Å². The zero-order valence-electron chi connectivity index (χ0n) is 12.5. The minimum atomic E-state index is 0.708. The summed E-state index contributed by atoms with van der Waals surface area (Å²) in [7, 11) is 2.03. The van der Waals surface area contributed by atoms with Gasteiger partial charge in [0.05, 0.1) is 18.3 Å². The molecule has 0 atom stereocenters. The van der Waals surface area contributed by atoms with Crippen LogP contribution in [0.15, 0.2) is 59.0 Å². The maximum atomic E-state index is 6.05. The molecular formula is C16H16ClN6+. The first-order valence-electron chi connectivity index (χ1n) is 6.96. The molecule has 0 aliphatic carbocycles. The highest BCUT2D eigenvalue weighted by molar-refractivity contribution is 6.30. The molecule has 0 fully saturated rings. The molecule has 2 aromatic heterocycles. The fraction of sp³-hybridized carbons (Fsp3) is 0.0625. The minimum absolute atomic E-state index is 0.708. The number of aryl methyl sites for hydroxylation is 1. The van der Waals surface area contributed by atoms with Crippen LogP contribution in [0.3, 0.4) is 0 Å². The van der Waals surface area contributed by atoms with Gasteiger partial charge in [0.15, 0.2) is 5.69 Å². The van der Waals surface area contributed by atoms with Crippen LogP contribution in [-0.4, -0.2) is 17.1 Å². The van der Waals surface area contributed by atoms with E-state index in [2.05, 4.69) is 38.5 Å². The third-order valence-electron chi connectivity index (χ3n) is 3.51. The summed E-state index contributed by atoms with van der Waals surface area (Å²) < 4.78 is 4.14. The van der Waals surface area contributed by atoms with E-state index in [1.54, 1.807) is 6.21 Å². The lowest BCUT2D eigenvalue weighted by molar-refractivity contribution is -0.510. The average molecular weight is 328 g/mol. The van der Waals surface area contributed by atoms with Crippen LogP contribution >= 0.6 is 11.6 Å².